The molecular formula is C21H20F4N2O4S. The summed E-state index contributed by atoms with van der Waals surface area (Å²) in [5.74, 6) is -2.93. The fraction of sp³-hybridized carbons (Fsp3) is 0.333. The van der Waals surface area contributed by atoms with E-state index in [1.54, 1.807) is 0 Å². The normalized spacial score (nSPS) is 14.0. The Kier molecular flexibility index (Phi) is 7.02. The van der Waals surface area contributed by atoms with E-state index in [-0.39, 0.29) is 10.6 Å². The highest BCUT2D eigenvalue weighted by molar-refractivity contribution is 7.91. The first-order valence-corrected chi connectivity index (χ1v) is 10.9. The third-order valence-electron chi connectivity index (χ3n) is 4.55. The maximum absolute atomic E-state index is 13.3. The average Bonchev–Trinajstić information content (AvgIpc) is 2.66. The van der Waals surface area contributed by atoms with E-state index in [9.17, 15) is 35.9 Å². The Morgan fingerprint density at radius 1 is 1.16 bits per heavy atom. The maximum atomic E-state index is 13.3. The molecule has 1 atom stereocenters. The van der Waals surface area contributed by atoms with Crippen LogP contribution in [-0.2, 0) is 20.8 Å². The molecule has 0 aliphatic carbocycles. The first kappa shape index (κ1) is 25.3. The van der Waals surface area contributed by atoms with Gasteiger partial charge >= 0.3 is 6.18 Å². The first-order chi connectivity index (χ1) is 14.6. The van der Waals surface area contributed by atoms with Crippen LogP contribution >= 0.6 is 0 Å². The van der Waals surface area contributed by atoms with Gasteiger partial charge in [0.05, 0.1) is 27.8 Å². The molecule has 0 heterocycles. The molecule has 0 bridgehead atoms. The lowest BCUT2D eigenvalue weighted by Crippen LogP contribution is -2.53. The van der Waals surface area contributed by atoms with Crippen LogP contribution in [0.1, 0.15) is 31.9 Å². The molecule has 1 N–H and O–H groups in total. The predicted molar refractivity (Wildman–Crippen MR) is 108 cm³/mol. The van der Waals surface area contributed by atoms with Gasteiger partial charge in [-0.05, 0) is 63.2 Å². The standard InChI is InChI=1S/C21H20F4N2O4S/c1-13(2)27(16-7-4-14(11-26)18(10-16)21(23,24)25)19(28)20(3,29)12-32(30,31)17-8-5-15(22)6-9-17/h4-10,13,29H,12H2,1-3H3. The Bertz CT molecular complexity index is 1150. The molecule has 0 saturated carbocycles. The molecule has 0 saturated heterocycles. The van der Waals surface area contributed by atoms with Gasteiger partial charge in [-0.1, -0.05) is 0 Å². The van der Waals surface area contributed by atoms with Gasteiger partial charge in [-0.15, -0.1) is 0 Å². The monoisotopic (exact) mass is 472 g/mol. The fourth-order valence-corrected chi connectivity index (χ4v) is 4.66. The van der Waals surface area contributed by atoms with Gasteiger partial charge in [0.1, 0.15) is 5.82 Å². The van der Waals surface area contributed by atoms with E-state index >= 15 is 0 Å². The molecule has 2 aromatic rings. The van der Waals surface area contributed by atoms with Gasteiger partial charge in [-0.25, -0.2) is 12.8 Å². The van der Waals surface area contributed by atoms with Gasteiger partial charge in [-0.2, -0.15) is 18.4 Å². The van der Waals surface area contributed by atoms with Crippen LogP contribution in [0, 0.1) is 17.1 Å². The number of halogens is 4. The van der Waals surface area contributed by atoms with Gasteiger partial charge < -0.3 is 10.0 Å². The fourth-order valence-electron chi connectivity index (χ4n) is 3.08. The number of carbonyl (C=O) groups excluding carboxylic acids is 1. The number of alkyl halides is 3. The van der Waals surface area contributed by atoms with Gasteiger partial charge in [0.25, 0.3) is 5.91 Å². The third-order valence-corrected chi connectivity index (χ3v) is 6.48. The first-order valence-electron chi connectivity index (χ1n) is 9.26. The van der Waals surface area contributed by atoms with Crippen LogP contribution in [0.5, 0.6) is 0 Å². The second-order valence-electron chi connectivity index (χ2n) is 7.60. The minimum Gasteiger partial charge on any atom is -0.379 e. The highest BCUT2D eigenvalue weighted by Crippen LogP contribution is 2.35. The number of nitriles is 1. The molecule has 6 nitrogen and oxygen atoms in total. The van der Waals surface area contributed by atoms with E-state index in [1.807, 2.05) is 0 Å². The van der Waals surface area contributed by atoms with Crippen molar-refractivity contribution in [2.75, 3.05) is 10.7 Å². The van der Waals surface area contributed by atoms with Crippen molar-refractivity contribution in [2.24, 2.45) is 0 Å². The zero-order valence-electron chi connectivity index (χ0n) is 17.3. The summed E-state index contributed by atoms with van der Waals surface area (Å²) in [6.45, 7) is 3.86. The number of hydrogen-bond acceptors (Lipinski definition) is 5. The molecule has 1 amide bonds. The number of rotatable bonds is 6. The molecule has 11 heteroatoms. The van der Waals surface area contributed by atoms with Crippen molar-refractivity contribution in [3.8, 4) is 6.07 Å². The third kappa shape index (κ3) is 5.44. The summed E-state index contributed by atoms with van der Waals surface area (Å²) in [6, 6.07) is 7.02. The summed E-state index contributed by atoms with van der Waals surface area (Å²) in [6.07, 6.45) is -4.87. The summed E-state index contributed by atoms with van der Waals surface area (Å²) in [5.41, 5.74) is -4.71. The summed E-state index contributed by atoms with van der Waals surface area (Å²) in [7, 11) is -4.25. The van der Waals surface area contributed by atoms with Crippen LogP contribution in [0.25, 0.3) is 0 Å². The number of amides is 1. The maximum Gasteiger partial charge on any atom is 0.417 e. The molecular weight excluding hydrogens is 452 g/mol. The second-order valence-corrected chi connectivity index (χ2v) is 9.58. The minimum atomic E-state index is -4.87. The Hall–Kier alpha value is -2.97. The van der Waals surface area contributed by atoms with Crippen molar-refractivity contribution in [1.29, 1.82) is 5.26 Å². The molecule has 32 heavy (non-hydrogen) atoms. The molecule has 0 aliphatic rings. The Morgan fingerprint density at radius 3 is 2.19 bits per heavy atom. The van der Waals surface area contributed by atoms with Crippen molar-refractivity contribution >= 4 is 21.4 Å². The van der Waals surface area contributed by atoms with Crippen LogP contribution < -0.4 is 4.90 Å². The lowest BCUT2D eigenvalue weighted by molar-refractivity contribution is -0.138. The molecule has 2 rings (SSSR count). The van der Waals surface area contributed by atoms with Crippen LogP contribution in [0.2, 0.25) is 0 Å². The number of anilines is 1. The van der Waals surface area contributed by atoms with Crippen molar-refractivity contribution in [2.45, 2.75) is 43.5 Å². The van der Waals surface area contributed by atoms with Crippen LogP contribution in [0.15, 0.2) is 47.4 Å². The van der Waals surface area contributed by atoms with E-state index in [0.717, 1.165) is 48.2 Å². The smallest absolute Gasteiger partial charge is 0.379 e. The molecule has 0 spiro atoms. The van der Waals surface area contributed by atoms with Crippen molar-refractivity contribution in [1.82, 2.24) is 0 Å². The summed E-state index contributed by atoms with van der Waals surface area (Å²) in [5, 5.41) is 19.7. The van der Waals surface area contributed by atoms with Crippen molar-refractivity contribution in [3.63, 3.8) is 0 Å². The van der Waals surface area contributed by atoms with E-state index in [1.165, 1.54) is 19.9 Å². The van der Waals surface area contributed by atoms with Gasteiger partial charge in [0.2, 0.25) is 0 Å². The van der Waals surface area contributed by atoms with Gasteiger partial charge in [0, 0.05) is 11.7 Å². The zero-order chi connectivity index (χ0) is 24.5. The Labute approximate surface area is 182 Å². The quantitative estimate of drug-likeness (QED) is 0.511. The van der Waals surface area contributed by atoms with Crippen LogP contribution in [-0.4, -0.2) is 36.8 Å². The number of aliphatic hydroxyl groups is 1. The lowest BCUT2D eigenvalue weighted by atomic mass is 10.0. The van der Waals surface area contributed by atoms with E-state index in [2.05, 4.69) is 0 Å². The van der Waals surface area contributed by atoms with Crippen molar-refractivity contribution in [3.05, 3.63) is 59.4 Å². The Balaban J connectivity index is 2.47. The zero-order valence-corrected chi connectivity index (χ0v) is 18.1. The molecule has 0 radical (unpaired) electrons. The SMILES string of the molecule is CC(C)N(C(=O)C(C)(O)CS(=O)(=O)c1ccc(F)cc1)c1ccc(C#N)c(C(F)(F)F)c1. The molecule has 0 aromatic heterocycles. The number of nitrogens with zero attached hydrogens (tertiary/aromatic N) is 2. The van der Waals surface area contributed by atoms with E-state index in [0.29, 0.717) is 6.07 Å². The number of sulfone groups is 1. The Morgan fingerprint density at radius 2 is 1.72 bits per heavy atom. The number of benzene rings is 2. The molecule has 2 aromatic carbocycles. The predicted octanol–water partition coefficient (Wildman–Crippen LogP) is 3.68. The summed E-state index contributed by atoms with van der Waals surface area (Å²) >= 11 is 0. The molecule has 0 aliphatic heterocycles. The van der Waals surface area contributed by atoms with Gasteiger partial charge in [-0.3, -0.25) is 4.79 Å². The average molecular weight is 472 g/mol. The van der Waals surface area contributed by atoms with Gasteiger partial charge in [0.15, 0.2) is 15.4 Å². The highest BCUT2D eigenvalue weighted by atomic mass is 32.2. The molecule has 172 valence electrons. The highest BCUT2D eigenvalue weighted by Gasteiger charge is 2.42. The largest absolute Gasteiger partial charge is 0.417 e. The van der Waals surface area contributed by atoms with E-state index < -0.39 is 56.3 Å². The number of hydrogen-bond donors (Lipinski definition) is 1. The van der Waals surface area contributed by atoms with Crippen LogP contribution in [0.3, 0.4) is 0 Å². The summed E-state index contributed by atoms with van der Waals surface area (Å²) in [4.78, 5) is 13.6. The molecule has 0 fully saturated rings. The number of carbonyl (C=O) groups is 1. The van der Waals surface area contributed by atoms with Crippen molar-refractivity contribution < 1.29 is 35.9 Å². The van der Waals surface area contributed by atoms with Crippen LogP contribution in [0.4, 0.5) is 23.2 Å². The topological polar surface area (TPSA) is 98.5 Å². The lowest BCUT2D eigenvalue weighted by Gasteiger charge is -2.34. The summed E-state index contributed by atoms with van der Waals surface area (Å²) < 4.78 is 78.4. The molecule has 1 unspecified atom stereocenters. The minimum absolute atomic E-state index is 0.268. The van der Waals surface area contributed by atoms with E-state index in [4.69, 9.17) is 5.26 Å². The second kappa shape index (κ2) is 8.88.